The lowest BCUT2D eigenvalue weighted by Gasteiger charge is -2.09. The predicted molar refractivity (Wildman–Crippen MR) is 92.0 cm³/mol. The minimum absolute atomic E-state index is 0.294. The van der Waals surface area contributed by atoms with Gasteiger partial charge in [-0.1, -0.05) is 58.5 Å². The van der Waals surface area contributed by atoms with E-state index in [1.54, 1.807) is 36.4 Å². The van der Waals surface area contributed by atoms with E-state index >= 15 is 0 Å². The van der Waals surface area contributed by atoms with Crippen LogP contribution in [0, 0.1) is 0 Å². The van der Waals surface area contributed by atoms with Crippen LogP contribution >= 0.6 is 46.4 Å². The molecule has 0 saturated heterocycles. The molecule has 7 heteroatoms. The summed E-state index contributed by atoms with van der Waals surface area (Å²) in [6, 6.07) is 10.1. The zero-order valence-electron chi connectivity index (χ0n) is 11.3. The number of hydrogen-bond donors (Lipinski definition) is 2. The van der Waals surface area contributed by atoms with Gasteiger partial charge in [-0.3, -0.25) is 0 Å². The zero-order chi connectivity index (χ0) is 16.1. The Bertz CT molecular complexity index is 634. The maximum absolute atomic E-state index is 11.8. The van der Waals surface area contributed by atoms with Crippen LogP contribution in [-0.2, 0) is 13.1 Å². The molecule has 2 amide bonds. The van der Waals surface area contributed by atoms with Crippen molar-refractivity contribution in [3.8, 4) is 0 Å². The Hall–Kier alpha value is -1.13. The van der Waals surface area contributed by atoms with E-state index in [1.807, 2.05) is 0 Å². The van der Waals surface area contributed by atoms with Gasteiger partial charge in [0.05, 0.1) is 20.1 Å². The summed E-state index contributed by atoms with van der Waals surface area (Å²) in [7, 11) is 0. The third kappa shape index (κ3) is 4.96. The number of hydrogen-bond acceptors (Lipinski definition) is 1. The minimum Gasteiger partial charge on any atom is -0.334 e. The highest BCUT2D eigenvalue weighted by atomic mass is 35.5. The van der Waals surface area contributed by atoms with E-state index in [4.69, 9.17) is 46.4 Å². The lowest BCUT2D eigenvalue weighted by atomic mass is 10.2. The largest absolute Gasteiger partial charge is 0.334 e. The van der Waals surface area contributed by atoms with Gasteiger partial charge in [0.1, 0.15) is 0 Å². The van der Waals surface area contributed by atoms with Gasteiger partial charge in [0.15, 0.2) is 0 Å². The summed E-state index contributed by atoms with van der Waals surface area (Å²) in [6.45, 7) is 0.703. The topological polar surface area (TPSA) is 41.1 Å². The molecule has 0 atom stereocenters. The normalized spacial score (nSPS) is 10.4. The molecular weight excluding hydrogens is 366 g/mol. The van der Waals surface area contributed by atoms with Crippen LogP contribution in [-0.4, -0.2) is 6.03 Å². The average molecular weight is 378 g/mol. The van der Waals surface area contributed by atoms with Gasteiger partial charge in [-0.25, -0.2) is 4.79 Å². The molecule has 2 N–H and O–H groups in total. The van der Waals surface area contributed by atoms with Gasteiger partial charge in [0, 0.05) is 13.1 Å². The van der Waals surface area contributed by atoms with Crippen LogP contribution in [0.4, 0.5) is 4.79 Å². The van der Waals surface area contributed by atoms with Gasteiger partial charge in [-0.2, -0.15) is 0 Å². The Morgan fingerprint density at radius 1 is 0.727 bits per heavy atom. The van der Waals surface area contributed by atoms with Gasteiger partial charge >= 0.3 is 6.03 Å². The summed E-state index contributed by atoms with van der Waals surface area (Å²) in [5.74, 6) is 0. The van der Waals surface area contributed by atoms with E-state index in [2.05, 4.69) is 10.6 Å². The molecule has 0 aliphatic rings. The fourth-order valence-corrected chi connectivity index (χ4v) is 2.37. The van der Waals surface area contributed by atoms with Crippen molar-refractivity contribution in [2.75, 3.05) is 0 Å². The molecular formula is C15H12Cl4N2O. The van der Waals surface area contributed by atoms with Crippen molar-refractivity contribution in [3.05, 3.63) is 67.6 Å². The standard InChI is InChI=1S/C15H12Cl4N2O/c16-11-3-1-9(5-13(11)18)7-20-15(22)21-8-10-2-4-12(17)14(19)6-10/h1-6H,7-8H2,(H2,20,21,22). The Morgan fingerprint density at radius 3 is 1.50 bits per heavy atom. The Kier molecular flexibility index (Phi) is 6.21. The fourth-order valence-electron chi connectivity index (χ4n) is 1.73. The number of rotatable bonds is 4. The maximum Gasteiger partial charge on any atom is 0.315 e. The number of carbonyl (C=O) groups is 1. The molecule has 0 aliphatic heterocycles. The van der Waals surface area contributed by atoms with Crippen molar-refractivity contribution in [1.82, 2.24) is 10.6 Å². The summed E-state index contributed by atoms with van der Waals surface area (Å²) in [5.41, 5.74) is 1.72. The molecule has 116 valence electrons. The van der Waals surface area contributed by atoms with E-state index in [-0.39, 0.29) is 6.03 Å². The van der Waals surface area contributed by atoms with Crippen molar-refractivity contribution in [1.29, 1.82) is 0 Å². The predicted octanol–water partition coefficient (Wildman–Crippen LogP) is 5.30. The second kappa shape index (κ2) is 7.93. The molecule has 3 nitrogen and oxygen atoms in total. The highest BCUT2D eigenvalue weighted by molar-refractivity contribution is 6.42. The summed E-state index contributed by atoms with van der Waals surface area (Å²) in [5, 5.41) is 7.34. The first-order valence-electron chi connectivity index (χ1n) is 6.35. The van der Waals surface area contributed by atoms with Crippen molar-refractivity contribution < 1.29 is 4.79 Å². The van der Waals surface area contributed by atoms with Crippen LogP contribution in [0.15, 0.2) is 36.4 Å². The number of amides is 2. The van der Waals surface area contributed by atoms with Gasteiger partial charge < -0.3 is 10.6 Å². The molecule has 22 heavy (non-hydrogen) atoms. The Labute approximate surface area is 148 Å². The molecule has 2 aromatic rings. The highest BCUT2D eigenvalue weighted by Crippen LogP contribution is 2.23. The molecule has 0 bridgehead atoms. The minimum atomic E-state index is -0.294. The molecule has 2 rings (SSSR count). The first kappa shape index (κ1) is 17.2. The van der Waals surface area contributed by atoms with Crippen LogP contribution in [0.5, 0.6) is 0 Å². The van der Waals surface area contributed by atoms with Gasteiger partial charge in [-0.05, 0) is 35.4 Å². The van der Waals surface area contributed by atoms with Crippen LogP contribution in [0.1, 0.15) is 11.1 Å². The second-order valence-corrected chi connectivity index (χ2v) is 6.16. The van der Waals surface area contributed by atoms with Gasteiger partial charge in [0.2, 0.25) is 0 Å². The molecule has 0 heterocycles. The summed E-state index contributed by atoms with van der Waals surface area (Å²) < 4.78 is 0. The van der Waals surface area contributed by atoms with Crippen molar-refractivity contribution in [2.45, 2.75) is 13.1 Å². The smallest absolute Gasteiger partial charge is 0.315 e. The van der Waals surface area contributed by atoms with Gasteiger partial charge in [-0.15, -0.1) is 0 Å². The zero-order valence-corrected chi connectivity index (χ0v) is 14.3. The van der Waals surface area contributed by atoms with E-state index in [0.717, 1.165) is 11.1 Å². The first-order chi connectivity index (χ1) is 10.5. The molecule has 2 aromatic carbocycles. The number of benzene rings is 2. The monoisotopic (exact) mass is 376 g/mol. The number of nitrogens with one attached hydrogen (secondary N) is 2. The SMILES string of the molecule is O=C(NCc1ccc(Cl)c(Cl)c1)NCc1ccc(Cl)c(Cl)c1. The number of carbonyl (C=O) groups excluding carboxylic acids is 1. The lowest BCUT2D eigenvalue weighted by Crippen LogP contribution is -2.34. The molecule has 0 unspecified atom stereocenters. The third-order valence-corrected chi connectivity index (χ3v) is 4.35. The maximum atomic E-state index is 11.8. The quantitative estimate of drug-likeness (QED) is 0.745. The molecule has 0 saturated carbocycles. The second-order valence-electron chi connectivity index (χ2n) is 4.53. The Morgan fingerprint density at radius 2 is 1.14 bits per heavy atom. The van der Waals surface area contributed by atoms with Crippen LogP contribution < -0.4 is 10.6 Å². The highest BCUT2D eigenvalue weighted by Gasteiger charge is 2.04. The van der Waals surface area contributed by atoms with Crippen molar-refractivity contribution in [3.63, 3.8) is 0 Å². The van der Waals surface area contributed by atoms with Crippen LogP contribution in [0.3, 0.4) is 0 Å². The van der Waals surface area contributed by atoms with E-state index in [9.17, 15) is 4.79 Å². The van der Waals surface area contributed by atoms with Crippen molar-refractivity contribution >= 4 is 52.4 Å². The lowest BCUT2D eigenvalue weighted by molar-refractivity contribution is 0.240. The number of urea groups is 1. The molecule has 0 fully saturated rings. The van der Waals surface area contributed by atoms with Gasteiger partial charge in [0.25, 0.3) is 0 Å². The Balaban J connectivity index is 1.82. The molecule has 0 aromatic heterocycles. The first-order valence-corrected chi connectivity index (χ1v) is 7.86. The third-order valence-electron chi connectivity index (χ3n) is 2.87. The molecule has 0 aliphatic carbocycles. The van der Waals surface area contributed by atoms with Crippen molar-refractivity contribution in [2.24, 2.45) is 0 Å². The van der Waals surface area contributed by atoms with E-state index < -0.39 is 0 Å². The van der Waals surface area contributed by atoms with E-state index in [0.29, 0.717) is 33.2 Å². The fraction of sp³-hybridized carbons (Fsp3) is 0.133. The summed E-state index contributed by atoms with van der Waals surface area (Å²) in [4.78, 5) is 11.8. The molecule has 0 radical (unpaired) electrons. The molecule has 0 spiro atoms. The summed E-state index contributed by atoms with van der Waals surface area (Å²) in [6.07, 6.45) is 0. The van der Waals surface area contributed by atoms with E-state index in [1.165, 1.54) is 0 Å². The van der Waals surface area contributed by atoms with Crippen LogP contribution in [0.25, 0.3) is 0 Å². The number of halogens is 4. The van der Waals surface area contributed by atoms with Crippen LogP contribution in [0.2, 0.25) is 20.1 Å². The summed E-state index contributed by atoms with van der Waals surface area (Å²) >= 11 is 23.5. The average Bonchev–Trinajstić information content (AvgIpc) is 2.49.